The van der Waals surface area contributed by atoms with Gasteiger partial charge in [0.05, 0.1) is 0 Å². The summed E-state index contributed by atoms with van der Waals surface area (Å²) in [6.45, 7) is 1.75. The third-order valence-corrected chi connectivity index (χ3v) is 5.72. The summed E-state index contributed by atoms with van der Waals surface area (Å²) in [5.41, 5.74) is 3.83. The molecule has 1 N–H and O–H groups in total. The molecule has 0 unspecified atom stereocenters. The Morgan fingerprint density at radius 2 is 1.68 bits per heavy atom. The average molecular weight is 353 g/mol. The number of fused-ring (bicyclic) bond motifs is 1. The molecule has 0 aliphatic heterocycles. The Bertz CT molecular complexity index is 846. The highest BCUT2D eigenvalue weighted by molar-refractivity contribution is 6.31. The first-order valence-electron chi connectivity index (χ1n) is 9.35. The van der Waals surface area contributed by atoms with Crippen LogP contribution in [-0.4, -0.2) is 10.6 Å². The van der Waals surface area contributed by atoms with Gasteiger partial charge in [-0.15, -0.1) is 0 Å². The van der Waals surface area contributed by atoms with E-state index in [1.165, 1.54) is 48.6 Å². The number of benzene rings is 2. The van der Waals surface area contributed by atoms with Gasteiger partial charge in [0.2, 0.25) is 0 Å². The first-order valence-corrected chi connectivity index (χ1v) is 9.72. The SMILES string of the molecule is Clc1ccccc1Cn1cc(CNC2CCCCC2)c2ccccc21. The van der Waals surface area contributed by atoms with Crippen molar-refractivity contribution >= 4 is 22.5 Å². The van der Waals surface area contributed by atoms with Gasteiger partial charge < -0.3 is 9.88 Å². The lowest BCUT2D eigenvalue weighted by Crippen LogP contribution is -2.30. The van der Waals surface area contributed by atoms with Crippen LogP contribution in [-0.2, 0) is 13.1 Å². The van der Waals surface area contributed by atoms with Crippen molar-refractivity contribution in [2.45, 2.75) is 51.2 Å². The van der Waals surface area contributed by atoms with Crippen LogP contribution in [0.2, 0.25) is 5.02 Å². The second kappa shape index (κ2) is 7.63. The summed E-state index contributed by atoms with van der Waals surface area (Å²) in [6.07, 6.45) is 9.06. The molecule has 25 heavy (non-hydrogen) atoms. The van der Waals surface area contributed by atoms with E-state index in [1.807, 2.05) is 12.1 Å². The molecule has 1 aromatic heterocycles. The van der Waals surface area contributed by atoms with E-state index in [-0.39, 0.29) is 0 Å². The molecule has 0 spiro atoms. The molecule has 1 fully saturated rings. The van der Waals surface area contributed by atoms with E-state index in [1.54, 1.807) is 0 Å². The maximum Gasteiger partial charge on any atom is 0.0491 e. The molecule has 130 valence electrons. The maximum absolute atomic E-state index is 6.37. The predicted molar refractivity (Wildman–Crippen MR) is 106 cm³/mol. The van der Waals surface area contributed by atoms with Crippen molar-refractivity contribution in [2.24, 2.45) is 0 Å². The Morgan fingerprint density at radius 1 is 0.920 bits per heavy atom. The highest BCUT2D eigenvalue weighted by atomic mass is 35.5. The molecule has 2 nitrogen and oxygen atoms in total. The molecule has 1 aliphatic rings. The quantitative estimate of drug-likeness (QED) is 0.617. The van der Waals surface area contributed by atoms with Crippen LogP contribution in [0.3, 0.4) is 0 Å². The van der Waals surface area contributed by atoms with Crippen molar-refractivity contribution in [3.8, 4) is 0 Å². The van der Waals surface area contributed by atoms with Crippen LogP contribution in [0.4, 0.5) is 0 Å². The molecule has 0 saturated heterocycles. The van der Waals surface area contributed by atoms with Gasteiger partial charge in [-0.3, -0.25) is 0 Å². The average Bonchev–Trinajstić information content (AvgIpc) is 3.01. The Labute approximate surface area is 154 Å². The van der Waals surface area contributed by atoms with E-state index in [2.05, 4.69) is 52.5 Å². The summed E-state index contributed by atoms with van der Waals surface area (Å²) in [5, 5.41) is 5.96. The number of halogens is 1. The number of para-hydroxylation sites is 1. The smallest absolute Gasteiger partial charge is 0.0491 e. The first-order chi connectivity index (χ1) is 12.3. The van der Waals surface area contributed by atoms with Crippen molar-refractivity contribution in [2.75, 3.05) is 0 Å². The van der Waals surface area contributed by atoms with Crippen molar-refractivity contribution in [1.82, 2.24) is 9.88 Å². The highest BCUT2D eigenvalue weighted by Gasteiger charge is 2.14. The standard InChI is InChI=1S/C22H25ClN2/c23-21-12-6-4-8-17(21)15-25-16-18(20-11-5-7-13-22(20)25)14-24-19-9-2-1-3-10-19/h4-8,11-13,16,19,24H,1-3,9-10,14-15H2. The molecule has 0 radical (unpaired) electrons. The van der Waals surface area contributed by atoms with Gasteiger partial charge in [-0.1, -0.05) is 67.3 Å². The normalized spacial score (nSPS) is 15.7. The molecule has 4 rings (SSSR count). The number of nitrogens with zero attached hydrogens (tertiary/aromatic N) is 1. The van der Waals surface area contributed by atoms with Crippen molar-refractivity contribution in [3.63, 3.8) is 0 Å². The number of nitrogens with one attached hydrogen (secondary N) is 1. The van der Waals surface area contributed by atoms with E-state index in [9.17, 15) is 0 Å². The molecule has 1 aliphatic carbocycles. The van der Waals surface area contributed by atoms with Crippen LogP contribution in [0.15, 0.2) is 54.7 Å². The molecule has 0 bridgehead atoms. The van der Waals surface area contributed by atoms with Crippen LogP contribution in [0.25, 0.3) is 10.9 Å². The fraction of sp³-hybridized carbons (Fsp3) is 0.364. The summed E-state index contributed by atoms with van der Waals surface area (Å²) in [5.74, 6) is 0. The second-order valence-corrected chi connectivity index (χ2v) is 7.51. The second-order valence-electron chi connectivity index (χ2n) is 7.11. The van der Waals surface area contributed by atoms with Crippen molar-refractivity contribution in [3.05, 3.63) is 70.9 Å². The molecule has 1 heterocycles. The monoisotopic (exact) mass is 352 g/mol. The van der Waals surface area contributed by atoms with E-state index in [0.29, 0.717) is 6.04 Å². The molecule has 2 aromatic carbocycles. The minimum absolute atomic E-state index is 0.680. The van der Waals surface area contributed by atoms with Gasteiger partial charge in [-0.05, 0) is 36.1 Å². The van der Waals surface area contributed by atoms with E-state index < -0.39 is 0 Å². The van der Waals surface area contributed by atoms with Crippen LogP contribution in [0, 0.1) is 0 Å². The summed E-state index contributed by atoms with van der Waals surface area (Å²) < 4.78 is 2.33. The van der Waals surface area contributed by atoms with Crippen LogP contribution >= 0.6 is 11.6 Å². The van der Waals surface area contributed by atoms with E-state index in [0.717, 1.165) is 23.7 Å². The number of aromatic nitrogens is 1. The van der Waals surface area contributed by atoms with E-state index in [4.69, 9.17) is 11.6 Å². The van der Waals surface area contributed by atoms with Crippen LogP contribution in [0.5, 0.6) is 0 Å². The van der Waals surface area contributed by atoms with Crippen LogP contribution < -0.4 is 5.32 Å². The van der Waals surface area contributed by atoms with Crippen molar-refractivity contribution in [1.29, 1.82) is 0 Å². The van der Waals surface area contributed by atoms with Gasteiger partial charge in [-0.25, -0.2) is 0 Å². The van der Waals surface area contributed by atoms with Crippen molar-refractivity contribution < 1.29 is 0 Å². The van der Waals surface area contributed by atoms with Gasteiger partial charge in [0.15, 0.2) is 0 Å². The molecule has 3 heteroatoms. The topological polar surface area (TPSA) is 17.0 Å². The zero-order valence-electron chi connectivity index (χ0n) is 14.5. The lowest BCUT2D eigenvalue weighted by atomic mass is 9.95. The predicted octanol–water partition coefficient (Wildman–Crippen LogP) is 5.77. The number of hydrogen-bond acceptors (Lipinski definition) is 1. The highest BCUT2D eigenvalue weighted by Crippen LogP contribution is 2.25. The number of rotatable bonds is 5. The van der Waals surface area contributed by atoms with Gasteiger partial charge >= 0.3 is 0 Å². The van der Waals surface area contributed by atoms with Gasteiger partial charge in [0.25, 0.3) is 0 Å². The van der Waals surface area contributed by atoms with Gasteiger partial charge in [0.1, 0.15) is 0 Å². The molecular weight excluding hydrogens is 328 g/mol. The Hall–Kier alpha value is -1.77. The van der Waals surface area contributed by atoms with Crippen LogP contribution in [0.1, 0.15) is 43.2 Å². The zero-order valence-corrected chi connectivity index (χ0v) is 15.3. The molecule has 0 atom stereocenters. The lowest BCUT2D eigenvalue weighted by Gasteiger charge is -2.22. The summed E-state index contributed by atoms with van der Waals surface area (Å²) in [7, 11) is 0. The maximum atomic E-state index is 6.37. The Balaban J connectivity index is 1.58. The minimum atomic E-state index is 0.680. The molecule has 3 aromatic rings. The number of hydrogen-bond donors (Lipinski definition) is 1. The Kier molecular flexibility index (Phi) is 5.09. The molecule has 1 saturated carbocycles. The third-order valence-electron chi connectivity index (χ3n) is 5.36. The largest absolute Gasteiger partial charge is 0.343 e. The third kappa shape index (κ3) is 3.75. The molecular formula is C22H25ClN2. The minimum Gasteiger partial charge on any atom is -0.343 e. The summed E-state index contributed by atoms with van der Waals surface area (Å²) in [4.78, 5) is 0. The van der Waals surface area contributed by atoms with E-state index >= 15 is 0 Å². The van der Waals surface area contributed by atoms with Gasteiger partial charge in [0, 0.05) is 41.3 Å². The zero-order chi connectivity index (χ0) is 17.1. The fourth-order valence-corrected chi connectivity index (χ4v) is 4.16. The Morgan fingerprint density at radius 3 is 2.52 bits per heavy atom. The molecule has 0 amide bonds. The summed E-state index contributed by atoms with van der Waals surface area (Å²) in [6, 6.07) is 17.5. The first kappa shape index (κ1) is 16.7. The fourth-order valence-electron chi connectivity index (χ4n) is 3.97. The lowest BCUT2D eigenvalue weighted by molar-refractivity contribution is 0.372. The van der Waals surface area contributed by atoms with Gasteiger partial charge in [-0.2, -0.15) is 0 Å². The summed E-state index contributed by atoms with van der Waals surface area (Å²) >= 11 is 6.37.